The highest BCUT2D eigenvalue weighted by atomic mass is 16.5. The number of esters is 1. The lowest BCUT2D eigenvalue weighted by molar-refractivity contribution is -0.142. The average Bonchev–Trinajstić information content (AvgIpc) is 2.72. The van der Waals surface area contributed by atoms with Gasteiger partial charge in [-0.15, -0.1) is 0 Å². The van der Waals surface area contributed by atoms with Crippen LogP contribution in [-0.2, 0) is 23.8 Å². The topological polar surface area (TPSA) is 83.1 Å². The molecule has 1 heterocycles. The fraction of sp³-hybridized carbons (Fsp3) is 0.600. The summed E-state index contributed by atoms with van der Waals surface area (Å²) < 4.78 is 21.2. The molecule has 0 aromatic heterocycles. The van der Waals surface area contributed by atoms with E-state index in [0.717, 1.165) is 31.4 Å². The van der Waals surface area contributed by atoms with Gasteiger partial charge in [0.05, 0.1) is 39.4 Å². The Bertz CT molecular complexity index is 597. The van der Waals surface area contributed by atoms with Crippen molar-refractivity contribution in [2.45, 2.75) is 50.9 Å². The zero-order valence-electron chi connectivity index (χ0n) is 16.2. The summed E-state index contributed by atoms with van der Waals surface area (Å²) in [6, 6.07) is 6.69. The molecule has 1 aromatic carbocycles. The molecule has 1 aromatic rings. The Morgan fingerprint density at radius 1 is 1.22 bits per heavy atom. The third-order valence-corrected chi connectivity index (χ3v) is 4.61. The molecule has 1 saturated heterocycles. The van der Waals surface area contributed by atoms with Crippen LogP contribution < -0.4 is 10.1 Å². The van der Waals surface area contributed by atoms with Crippen molar-refractivity contribution in [2.24, 2.45) is 0 Å². The van der Waals surface area contributed by atoms with Gasteiger partial charge in [0, 0.05) is 6.61 Å². The summed E-state index contributed by atoms with van der Waals surface area (Å²) in [4.78, 5) is 24.3. The summed E-state index contributed by atoms with van der Waals surface area (Å²) in [7, 11) is 2.91. The van der Waals surface area contributed by atoms with Crippen LogP contribution in [0.15, 0.2) is 24.3 Å². The number of carbonyl (C=O) groups is 2. The molecule has 7 heteroatoms. The first-order valence-electron chi connectivity index (χ1n) is 9.27. The fourth-order valence-electron chi connectivity index (χ4n) is 2.89. The Hall–Kier alpha value is -2.12. The van der Waals surface area contributed by atoms with Gasteiger partial charge in [0.1, 0.15) is 11.9 Å². The van der Waals surface area contributed by atoms with Gasteiger partial charge in [-0.3, -0.25) is 9.59 Å². The lowest BCUT2D eigenvalue weighted by atomic mass is 10.0. The maximum absolute atomic E-state index is 12.5. The van der Waals surface area contributed by atoms with E-state index in [1.54, 1.807) is 26.2 Å². The minimum atomic E-state index is -0.645. The molecule has 1 fully saturated rings. The number of hydrogen-bond acceptors (Lipinski definition) is 6. The van der Waals surface area contributed by atoms with Crippen molar-refractivity contribution in [3.05, 3.63) is 29.8 Å². The number of carbonyl (C=O) groups excluding carboxylic acids is 2. The molecule has 1 aliphatic heterocycles. The van der Waals surface area contributed by atoms with Crippen LogP contribution in [-0.4, -0.2) is 51.5 Å². The van der Waals surface area contributed by atoms with Crippen LogP contribution in [0.5, 0.6) is 5.75 Å². The molecule has 0 bridgehead atoms. The van der Waals surface area contributed by atoms with Gasteiger partial charge in [-0.25, -0.2) is 0 Å². The SMILES string of the molecule is COC(=O)CC(NC(=O)C(C)OCC1CCCCO1)c1ccc(OC)cc1. The first kappa shape index (κ1) is 21.2. The summed E-state index contributed by atoms with van der Waals surface area (Å²) in [5, 5.41) is 2.88. The average molecular weight is 379 g/mol. The van der Waals surface area contributed by atoms with Gasteiger partial charge >= 0.3 is 5.97 Å². The van der Waals surface area contributed by atoms with E-state index in [1.807, 2.05) is 12.1 Å². The van der Waals surface area contributed by atoms with Crippen LogP contribution in [0.1, 0.15) is 44.2 Å². The number of methoxy groups -OCH3 is 2. The van der Waals surface area contributed by atoms with Gasteiger partial charge in [0.15, 0.2) is 0 Å². The Morgan fingerprint density at radius 2 is 1.96 bits per heavy atom. The highest BCUT2D eigenvalue weighted by Crippen LogP contribution is 2.21. The van der Waals surface area contributed by atoms with Gasteiger partial charge < -0.3 is 24.3 Å². The quantitative estimate of drug-likeness (QED) is 0.664. The summed E-state index contributed by atoms with van der Waals surface area (Å²) in [5.74, 6) is 0.0157. The van der Waals surface area contributed by atoms with E-state index < -0.39 is 18.1 Å². The number of ether oxygens (including phenoxy) is 4. The lowest BCUT2D eigenvalue weighted by Crippen LogP contribution is -2.39. The first-order chi connectivity index (χ1) is 13.0. The van der Waals surface area contributed by atoms with Gasteiger partial charge in [-0.2, -0.15) is 0 Å². The van der Waals surface area contributed by atoms with Crippen molar-refractivity contribution in [3.8, 4) is 5.75 Å². The minimum Gasteiger partial charge on any atom is -0.497 e. The van der Waals surface area contributed by atoms with E-state index in [4.69, 9.17) is 18.9 Å². The van der Waals surface area contributed by atoms with E-state index in [1.165, 1.54) is 7.11 Å². The van der Waals surface area contributed by atoms with Crippen LogP contribution in [0.4, 0.5) is 0 Å². The highest BCUT2D eigenvalue weighted by Gasteiger charge is 2.24. The molecule has 0 radical (unpaired) electrons. The maximum atomic E-state index is 12.5. The van der Waals surface area contributed by atoms with Crippen LogP contribution in [0.3, 0.4) is 0 Å². The van der Waals surface area contributed by atoms with Crippen molar-refractivity contribution >= 4 is 11.9 Å². The first-order valence-corrected chi connectivity index (χ1v) is 9.27. The van der Waals surface area contributed by atoms with Crippen LogP contribution >= 0.6 is 0 Å². The number of benzene rings is 1. The van der Waals surface area contributed by atoms with Gasteiger partial charge in [0.25, 0.3) is 0 Å². The van der Waals surface area contributed by atoms with E-state index in [2.05, 4.69) is 5.32 Å². The van der Waals surface area contributed by atoms with Crippen LogP contribution in [0.2, 0.25) is 0 Å². The van der Waals surface area contributed by atoms with E-state index in [-0.39, 0.29) is 18.4 Å². The number of rotatable bonds is 9. The summed E-state index contributed by atoms with van der Waals surface area (Å²) in [6.45, 7) is 2.83. The summed E-state index contributed by atoms with van der Waals surface area (Å²) in [6.07, 6.45) is 2.57. The largest absolute Gasteiger partial charge is 0.497 e. The predicted octanol–water partition coefficient (Wildman–Crippen LogP) is 2.39. The van der Waals surface area contributed by atoms with Gasteiger partial charge in [-0.1, -0.05) is 12.1 Å². The van der Waals surface area contributed by atoms with Gasteiger partial charge in [-0.05, 0) is 43.9 Å². The molecule has 1 amide bonds. The zero-order valence-corrected chi connectivity index (χ0v) is 16.2. The Kier molecular flexibility index (Phi) is 8.54. The van der Waals surface area contributed by atoms with Crippen molar-refractivity contribution in [3.63, 3.8) is 0 Å². The molecular formula is C20H29NO6. The van der Waals surface area contributed by atoms with Crippen LogP contribution in [0, 0.1) is 0 Å². The smallest absolute Gasteiger partial charge is 0.307 e. The Balaban J connectivity index is 1.95. The minimum absolute atomic E-state index is 0.0347. The van der Waals surface area contributed by atoms with Crippen LogP contribution in [0.25, 0.3) is 0 Å². The van der Waals surface area contributed by atoms with E-state index in [0.29, 0.717) is 12.4 Å². The molecule has 1 N–H and O–H groups in total. The Morgan fingerprint density at radius 3 is 2.56 bits per heavy atom. The van der Waals surface area contributed by atoms with E-state index in [9.17, 15) is 9.59 Å². The molecule has 150 valence electrons. The second kappa shape index (κ2) is 10.9. The number of hydrogen-bond donors (Lipinski definition) is 1. The predicted molar refractivity (Wildman–Crippen MR) is 99.5 cm³/mol. The van der Waals surface area contributed by atoms with Crippen molar-refractivity contribution in [1.29, 1.82) is 0 Å². The highest BCUT2D eigenvalue weighted by molar-refractivity contribution is 5.81. The molecule has 3 atom stereocenters. The zero-order chi connectivity index (χ0) is 19.6. The normalized spacial score (nSPS) is 19.0. The monoisotopic (exact) mass is 379 g/mol. The summed E-state index contributed by atoms with van der Waals surface area (Å²) >= 11 is 0. The molecule has 2 rings (SSSR count). The molecule has 7 nitrogen and oxygen atoms in total. The molecule has 0 saturated carbocycles. The summed E-state index contributed by atoms with van der Waals surface area (Å²) in [5.41, 5.74) is 0.789. The maximum Gasteiger partial charge on any atom is 0.307 e. The molecule has 0 spiro atoms. The van der Waals surface area contributed by atoms with Crippen molar-refractivity contribution < 1.29 is 28.5 Å². The second-order valence-corrected chi connectivity index (χ2v) is 6.58. The van der Waals surface area contributed by atoms with Gasteiger partial charge in [0.2, 0.25) is 5.91 Å². The van der Waals surface area contributed by atoms with Crippen molar-refractivity contribution in [2.75, 3.05) is 27.4 Å². The fourth-order valence-corrected chi connectivity index (χ4v) is 2.89. The third kappa shape index (κ3) is 6.84. The second-order valence-electron chi connectivity index (χ2n) is 6.58. The van der Waals surface area contributed by atoms with Crippen molar-refractivity contribution in [1.82, 2.24) is 5.32 Å². The molecule has 0 aliphatic carbocycles. The number of nitrogens with one attached hydrogen (secondary N) is 1. The third-order valence-electron chi connectivity index (χ3n) is 4.61. The number of amides is 1. The molecule has 27 heavy (non-hydrogen) atoms. The molecule has 3 unspecified atom stereocenters. The molecule has 1 aliphatic rings. The standard InChI is InChI=1S/C20H29NO6/c1-14(27-13-17-6-4-5-11-26-17)20(23)21-18(12-19(22)25-3)15-7-9-16(24-2)10-8-15/h7-10,14,17-18H,4-6,11-13H2,1-3H3,(H,21,23). The Labute approximate surface area is 160 Å². The lowest BCUT2D eigenvalue weighted by Gasteiger charge is -2.25. The molecular weight excluding hydrogens is 350 g/mol. The van der Waals surface area contributed by atoms with E-state index >= 15 is 0 Å².